The Morgan fingerprint density at radius 1 is 1.50 bits per heavy atom. The molecule has 1 amide bonds. The summed E-state index contributed by atoms with van der Waals surface area (Å²) in [7, 11) is 0. The molecule has 1 aliphatic rings. The van der Waals surface area contributed by atoms with Crippen molar-refractivity contribution in [1.29, 1.82) is 0 Å². The highest BCUT2D eigenvalue weighted by Crippen LogP contribution is 2.22. The van der Waals surface area contributed by atoms with Gasteiger partial charge in [0.25, 0.3) is 0 Å². The number of alkyl carbamates (subject to hydrolysis) is 1. The van der Waals surface area contributed by atoms with E-state index in [1.807, 2.05) is 0 Å². The zero-order valence-electron chi connectivity index (χ0n) is 11.0. The number of nitrogens with zero attached hydrogens (tertiary/aromatic N) is 3. The molecule has 0 heterocycles. The van der Waals surface area contributed by atoms with Crippen LogP contribution in [0.5, 0.6) is 0 Å². The Kier molecular flexibility index (Phi) is 4.81. The molecule has 102 valence electrons. The van der Waals surface area contributed by atoms with Crippen LogP contribution < -0.4 is 5.32 Å². The largest absolute Gasteiger partial charge is 0.444 e. The number of rotatable bonds is 2. The molecule has 2 N–H and O–H groups in total. The third kappa shape index (κ3) is 4.81. The van der Waals surface area contributed by atoms with E-state index in [2.05, 4.69) is 15.3 Å². The molecule has 1 rings (SSSR count). The average Bonchev–Trinajstić information content (AvgIpc) is 2.20. The molecule has 0 aromatic heterocycles. The van der Waals surface area contributed by atoms with Crippen LogP contribution in [0.3, 0.4) is 0 Å². The minimum Gasteiger partial charge on any atom is -0.444 e. The number of aliphatic hydroxyl groups is 1. The first-order valence-electron chi connectivity index (χ1n) is 6.03. The number of amides is 1. The van der Waals surface area contributed by atoms with Crippen molar-refractivity contribution in [2.24, 2.45) is 5.11 Å². The first kappa shape index (κ1) is 14.6. The first-order valence-corrected chi connectivity index (χ1v) is 6.03. The average molecular weight is 256 g/mol. The van der Waals surface area contributed by atoms with Gasteiger partial charge in [0.2, 0.25) is 0 Å². The predicted molar refractivity (Wildman–Crippen MR) is 65.9 cm³/mol. The summed E-state index contributed by atoms with van der Waals surface area (Å²) in [4.78, 5) is 14.4. The van der Waals surface area contributed by atoms with E-state index in [1.54, 1.807) is 20.8 Å². The second-order valence-electron chi connectivity index (χ2n) is 5.49. The fourth-order valence-electron chi connectivity index (χ4n) is 1.95. The molecule has 0 aromatic carbocycles. The van der Waals surface area contributed by atoms with E-state index in [9.17, 15) is 9.90 Å². The van der Waals surface area contributed by atoms with Gasteiger partial charge in [0.05, 0.1) is 12.1 Å². The molecule has 3 atom stereocenters. The van der Waals surface area contributed by atoms with E-state index >= 15 is 0 Å². The molecule has 7 heteroatoms. The first-order chi connectivity index (χ1) is 8.31. The lowest BCUT2D eigenvalue weighted by Gasteiger charge is -2.32. The second-order valence-corrected chi connectivity index (χ2v) is 5.49. The molecule has 0 aromatic rings. The lowest BCUT2D eigenvalue weighted by Crippen LogP contribution is -2.48. The summed E-state index contributed by atoms with van der Waals surface area (Å²) in [6, 6.07) is -0.703. The number of carbonyl (C=O) groups excluding carboxylic acids is 1. The quantitative estimate of drug-likeness (QED) is 0.448. The van der Waals surface area contributed by atoms with Crippen molar-refractivity contribution in [3.63, 3.8) is 0 Å². The van der Waals surface area contributed by atoms with Gasteiger partial charge in [0.15, 0.2) is 0 Å². The highest BCUT2D eigenvalue weighted by atomic mass is 16.6. The lowest BCUT2D eigenvalue weighted by atomic mass is 9.89. The van der Waals surface area contributed by atoms with Crippen molar-refractivity contribution in [3.05, 3.63) is 10.4 Å². The highest BCUT2D eigenvalue weighted by Gasteiger charge is 2.31. The van der Waals surface area contributed by atoms with Gasteiger partial charge in [0, 0.05) is 11.0 Å². The maximum atomic E-state index is 11.6. The van der Waals surface area contributed by atoms with Gasteiger partial charge >= 0.3 is 6.09 Å². The predicted octanol–water partition coefficient (Wildman–Crippen LogP) is 2.10. The van der Waals surface area contributed by atoms with E-state index in [4.69, 9.17) is 10.3 Å². The summed E-state index contributed by atoms with van der Waals surface area (Å²) < 4.78 is 5.15. The summed E-state index contributed by atoms with van der Waals surface area (Å²) in [5.41, 5.74) is 7.91. The summed E-state index contributed by atoms with van der Waals surface area (Å²) in [6.45, 7) is 5.34. The maximum Gasteiger partial charge on any atom is 0.407 e. The van der Waals surface area contributed by atoms with E-state index in [0.29, 0.717) is 19.3 Å². The fraction of sp³-hybridized carbons (Fsp3) is 0.909. The van der Waals surface area contributed by atoms with Crippen LogP contribution in [0.4, 0.5) is 4.79 Å². The Labute approximate surface area is 106 Å². The second kappa shape index (κ2) is 5.93. The van der Waals surface area contributed by atoms with Gasteiger partial charge in [-0.2, -0.15) is 0 Å². The van der Waals surface area contributed by atoms with Crippen molar-refractivity contribution in [2.75, 3.05) is 0 Å². The molecule has 3 unspecified atom stereocenters. The molecule has 1 aliphatic carbocycles. The van der Waals surface area contributed by atoms with Crippen LogP contribution in [-0.2, 0) is 4.74 Å². The van der Waals surface area contributed by atoms with Crippen molar-refractivity contribution in [2.45, 2.75) is 63.8 Å². The minimum atomic E-state index is -0.563. The zero-order valence-corrected chi connectivity index (χ0v) is 11.0. The molecular weight excluding hydrogens is 236 g/mol. The van der Waals surface area contributed by atoms with E-state index in [1.165, 1.54) is 0 Å². The van der Waals surface area contributed by atoms with Crippen LogP contribution >= 0.6 is 0 Å². The standard InChI is InChI=1S/C11H20N4O3/c1-11(2,3)18-10(17)13-8-5-4-7(16)6-9(8)14-15-12/h7-9,16H,4-6H2,1-3H3,(H,13,17). The van der Waals surface area contributed by atoms with E-state index < -0.39 is 23.8 Å². The lowest BCUT2D eigenvalue weighted by molar-refractivity contribution is 0.0441. The summed E-state index contributed by atoms with van der Waals surface area (Å²) in [5, 5.41) is 15.8. The SMILES string of the molecule is CC(C)(C)OC(=O)NC1CCC(O)CC1N=[N+]=[N-]. The molecule has 0 spiro atoms. The van der Waals surface area contributed by atoms with Crippen LogP contribution in [0.15, 0.2) is 5.11 Å². The number of hydrogen-bond acceptors (Lipinski definition) is 4. The molecule has 1 fully saturated rings. The van der Waals surface area contributed by atoms with Crippen LogP contribution in [-0.4, -0.2) is 35.0 Å². The third-order valence-electron chi connectivity index (χ3n) is 2.69. The number of azide groups is 1. The van der Waals surface area contributed by atoms with E-state index in [0.717, 1.165) is 0 Å². The van der Waals surface area contributed by atoms with Gasteiger partial charge in [-0.05, 0) is 45.6 Å². The minimum absolute atomic E-state index is 0.279. The topological polar surface area (TPSA) is 107 Å². The van der Waals surface area contributed by atoms with Gasteiger partial charge in [0.1, 0.15) is 5.60 Å². The molecule has 1 saturated carbocycles. The van der Waals surface area contributed by atoms with Crippen LogP contribution in [0, 0.1) is 0 Å². The van der Waals surface area contributed by atoms with Gasteiger partial charge in [-0.3, -0.25) is 0 Å². The molecule has 0 saturated heterocycles. The van der Waals surface area contributed by atoms with Crippen molar-refractivity contribution < 1.29 is 14.6 Å². The highest BCUT2D eigenvalue weighted by molar-refractivity contribution is 5.68. The van der Waals surface area contributed by atoms with Crippen molar-refractivity contribution >= 4 is 6.09 Å². The molecule has 0 radical (unpaired) electrons. The number of hydrogen-bond donors (Lipinski definition) is 2. The summed E-state index contributed by atoms with van der Waals surface area (Å²) in [5.74, 6) is 0. The Morgan fingerprint density at radius 3 is 2.72 bits per heavy atom. The van der Waals surface area contributed by atoms with Crippen LogP contribution in [0.2, 0.25) is 0 Å². The summed E-state index contributed by atoms with van der Waals surface area (Å²) in [6.07, 6.45) is 0.520. The normalized spacial score (nSPS) is 28.1. The Hall–Kier alpha value is -1.46. The van der Waals surface area contributed by atoms with Crippen molar-refractivity contribution in [3.8, 4) is 0 Å². The molecular formula is C11H20N4O3. The maximum absolute atomic E-state index is 11.6. The Balaban J connectivity index is 2.58. The summed E-state index contributed by atoms with van der Waals surface area (Å²) >= 11 is 0. The molecule has 18 heavy (non-hydrogen) atoms. The molecule has 0 aliphatic heterocycles. The van der Waals surface area contributed by atoms with Crippen LogP contribution in [0.25, 0.3) is 10.4 Å². The Bertz CT molecular complexity index is 347. The number of ether oxygens (including phenoxy) is 1. The molecule has 7 nitrogen and oxygen atoms in total. The third-order valence-corrected chi connectivity index (χ3v) is 2.69. The van der Waals surface area contributed by atoms with Crippen molar-refractivity contribution in [1.82, 2.24) is 5.32 Å². The fourth-order valence-corrected chi connectivity index (χ4v) is 1.95. The number of nitrogens with one attached hydrogen (secondary N) is 1. The Morgan fingerprint density at radius 2 is 2.17 bits per heavy atom. The van der Waals surface area contributed by atoms with Gasteiger partial charge in [-0.25, -0.2) is 4.79 Å². The van der Waals surface area contributed by atoms with Gasteiger partial charge in [-0.15, -0.1) is 0 Å². The van der Waals surface area contributed by atoms with Crippen LogP contribution in [0.1, 0.15) is 40.0 Å². The smallest absolute Gasteiger partial charge is 0.407 e. The van der Waals surface area contributed by atoms with E-state index in [-0.39, 0.29) is 6.04 Å². The van der Waals surface area contributed by atoms with Gasteiger partial charge in [-0.1, -0.05) is 5.11 Å². The van der Waals surface area contributed by atoms with Gasteiger partial charge < -0.3 is 15.2 Å². The molecule has 0 bridgehead atoms. The monoisotopic (exact) mass is 256 g/mol. The zero-order chi connectivity index (χ0) is 13.8. The number of aliphatic hydroxyl groups excluding tert-OH is 1. The number of carbonyl (C=O) groups is 1.